The Bertz CT molecular complexity index is 1290. The Balaban J connectivity index is 1.75. The zero-order chi connectivity index (χ0) is 19.7. The van der Waals surface area contributed by atoms with Crippen LogP contribution in [0.25, 0.3) is 21.7 Å². The van der Waals surface area contributed by atoms with Crippen molar-refractivity contribution in [3.63, 3.8) is 0 Å². The Labute approximate surface area is 161 Å². The molecule has 7 nitrogen and oxygen atoms in total. The fourth-order valence-electron chi connectivity index (χ4n) is 3.17. The zero-order valence-corrected chi connectivity index (χ0v) is 15.7. The number of aromatic amines is 1. The average molecular weight is 394 g/mol. The number of amides is 1. The van der Waals surface area contributed by atoms with Crippen LogP contribution in [0, 0.1) is 0 Å². The number of aromatic nitrogens is 2. The first-order chi connectivity index (χ1) is 13.5. The zero-order valence-electron chi connectivity index (χ0n) is 14.8. The maximum absolute atomic E-state index is 13.3. The van der Waals surface area contributed by atoms with E-state index in [-0.39, 0.29) is 16.3 Å². The van der Waals surface area contributed by atoms with Gasteiger partial charge in [-0.3, -0.25) is 9.89 Å². The van der Waals surface area contributed by atoms with E-state index in [2.05, 4.69) is 15.5 Å². The summed E-state index contributed by atoms with van der Waals surface area (Å²) in [5.41, 5.74) is 6.46. The summed E-state index contributed by atoms with van der Waals surface area (Å²) in [5, 5.41) is 12.0. The van der Waals surface area contributed by atoms with Crippen molar-refractivity contribution in [2.24, 2.45) is 5.73 Å². The highest BCUT2D eigenvalue weighted by Crippen LogP contribution is 2.31. The molecule has 0 bridgehead atoms. The quantitative estimate of drug-likeness (QED) is 0.465. The van der Waals surface area contributed by atoms with Crippen LogP contribution in [-0.4, -0.2) is 31.1 Å². The summed E-state index contributed by atoms with van der Waals surface area (Å²) in [6, 6.07) is 17.8. The lowest BCUT2D eigenvalue weighted by molar-refractivity contribution is -0.117. The normalized spacial score (nSPS) is 11.7. The minimum absolute atomic E-state index is 0.0115. The lowest BCUT2D eigenvalue weighted by Crippen LogP contribution is -2.15. The molecule has 0 fully saturated rings. The van der Waals surface area contributed by atoms with Gasteiger partial charge in [-0.2, -0.15) is 5.10 Å². The van der Waals surface area contributed by atoms with Gasteiger partial charge in [0.15, 0.2) is 5.03 Å². The summed E-state index contributed by atoms with van der Waals surface area (Å²) in [7, 11) is -3.81. The number of anilines is 1. The van der Waals surface area contributed by atoms with Gasteiger partial charge in [-0.25, -0.2) is 8.42 Å². The number of nitrogens with one attached hydrogen (secondary N) is 2. The van der Waals surface area contributed by atoms with Crippen LogP contribution in [0.4, 0.5) is 5.69 Å². The van der Waals surface area contributed by atoms with Gasteiger partial charge in [0.05, 0.1) is 10.4 Å². The number of primary amides is 1. The summed E-state index contributed by atoms with van der Waals surface area (Å²) in [5.74, 6) is -0.390. The first-order valence-electron chi connectivity index (χ1n) is 8.70. The summed E-state index contributed by atoms with van der Waals surface area (Å²) in [4.78, 5) is 11.1. The number of benzene rings is 3. The van der Waals surface area contributed by atoms with Crippen molar-refractivity contribution in [3.8, 4) is 0 Å². The second kappa shape index (κ2) is 6.97. The van der Waals surface area contributed by atoms with Gasteiger partial charge in [0.2, 0.25) is 15.7 Å². The van der Waals surface area contributed by atoms with Crippen molar-refractivity contribution in [1.82, 2.24) is 10.2 Å². The second-order valence-electron chi connectivity index (χ2n) is 6.41. The summed E-state index contributed by atoms with van der Waals surface area (Å²) >= 11 is 0. The molecule has 1 amide bonds. The second-order valence-corrected chi connectivity index (χ2v) is 8.25. The molecule has 4 rings (SSSR count). The van der Waals surface area contributed by atoms with Crippen molar-refractivity contribution >= 4 is 43.1 Å². The highest BCUT2D eigenvalue weighted by molar-refractivity contribution is 7.91. The molecule has 28 heavy (non-hydrogen) atoms. The van der Waals surface area contributed by atoms with Gasteiger partial charge in [-0.15, -0.1) is 0 Å². The van der Waals surface area contributed by atoms with Gasteiger partial charge in [0.1, 0.15) is 0 Å². The first kappa shape index (κ1) is 18.0. The monoisotopic (exact) mass is 394 g/mol. The average Bonchev–Trinajstić information content (AvgIpc) is 3.11. The Morgan fingerprint density at radius 3 is 2.64 bits per heavy atom. The van der Waals surface area contributed by atoms with Crippen molar-refractivity contribution in [2.45, 2.75) is 16.3 Å². The lowest BCUT2D eigenvalue weighted by atomic mass is 10.1. The van der Waals surface area contributed by atoms with Crippen molar-refractivity contribution in [3.05, 3.63) is 60.7 Å². The van der Waals surface area contributed by atoms with Gasteiger partial charge in [0.25, 0.3) is 0 Å². The number of nitrogens with two attached hydrogens (primary N) is 1. The number of nitrogens with zero attached hydrogens (tertiary/aromatic N) is 1. The molecule has 0 unspecified atom stereocenters. The predicted octanol–water partition coefficient (Wildman–Crippen LogP) is 2.84. The Hall–Kier alpha value is -3.39. The van der Waals surface area contributed by atoms with E-state index in [9.17, 15) is 13.2 Å². The number of carbonyl (C=O) groups excluding carboxylic acids is 1. The smallest absolute Gasteiger partial charge is 0.226 e. The first-order valence-corrected chi connectivity index (χ1v) is 10.2. The highest BCUT2D eigenvalue weighted by Gasteiger charge is 2.25. The molecule has 142 valence electrons. The number of H-pyrrole nitrogens is 1. The largest absolute Gasteiger partial charge is 0.384 e. The van der Waals surface area contributed by atoms with Gasteiger partial charge in [-0.05, 0) is 29.7 Å². The molecule has 0 radical (unpaired) electrons. The van der Waals surface area contributed by atoms with Gasteiger partial charge >= 0.3 is 0 Å². The third kappa shape index (κ3) is 3.18. The van der Waals surface area contributed by atoms with E-state index in [1.807, 2.05) is 24.3 Å². The Morgan fingerprint density at radius 1 is 1.04 bits per heavy atom. The molecule has 0 aliphatic heterocycles. The molecule has 0 saturated carbocycles. The van der Waals surface area contributed by atoms with Gasteiger partial charge < -0.3 is 11.1 Å². The topological polar surface area (TPSA) is 118 Å². The number of sulfone groups is 1. The molecule has 1 aromatic heterocycles. The van der Waals surface area contributed by atoms with Crippen LogP contribution >= 0.6 is 0 Å². The number of fused-ring (bicyclic) bond motifs is 2. The third-order valence-corrected chi connectivity index (χ3v) is 6.28. The molecular formula is C20H18N4O3S. The standard InChI is InChI=1S/C20H18N4O3S/c21-19(25)10-11-22-14-8-9-16-17(12-14)23-24-20(16)28(26,27)18-7-3-5-13-4-1-2-6-15(13)18/h1-9,12,22H,10-11H2,(H2,21,25)(H,23,24). The van der Waals surface area contributed by atoms with Crippen molar-refractivity contribution in [2.75, 3.05) is 11.9 Å². The van der Waals surface area contributed by atoms with Crippen molar-refractivity contribution < 1.29 is 13.2 Å². The molecular weight excluding hydrogens is 376 g/mol. The van der Waals surface area contributed by atoms with E-state index in [1.54, 1.807) is 36.4 Å². The van der Waals surface area contributed by atoms with Crippen LogP contribution in [0.2, 0.25) is 0 Å². The molecule has 3 aromatic carbocycles. The molecule has 8 heteroatoms. The third-order valence-electron chi connectivity index (χ3n) is 4.52. The fourth-order valence-corrected chi connectivity index (χ4v) is 4.75. The van der Waals surface area contributed by atoms with Crippen molar-refractivity contribution in [1.29, 1.82) is 0 Å². The maximum atomic E-state index is 13.3. The molecule has 0 atom stereocenters. The number of hydrogen-bond donors (Lipinski definition) is 3. The minimum Gasteiger partial charge on any atom is -0.384 e. The number of carbonyl (C=O) groups is 1. The molecule has 0 aliphatic rings. The molecule has 0 spiro atoms. The van der Waals surface area contributed by atoms with Crippen LogP contribution in [0.1, 0.15) is 6.42 Å². The molecule has 1 heterocycles. The van der Waals surface area contributed by atoms with Crippen LogP contribution in [0.15, 0.2) is 70.6 Å². The van der Waals surface area contributed by atoms with E-state index < -0.39 is 15.7 Å². The van der Waals surface area contributed by atoms with Crippen LogP contribution in [-0.2, 0) is 14.6 Å². The van der Waals surface area contributed by atoms with Gasteiger partial charge in [-0.1, -0.05) is 36.4 Å². The van der Waals surface area contributed by atoms with E-state index in [0.29, 0.717) is 22.8 Å². The number of rotatable bonds is 6. The van der Waals surface area contributed by atoms with Gasteiger partial charge in [0, 0.05) is 29.4 Å². The SMILES string of the molecule is NC(=O)CCNc1ccc2c(S(=O)(=O)c3cccc4ccccc34)n[nH]c2c1. The molecule has 4 N–H and O–H groups in total. The predicted molar refractivity (Wildman–Crippen MR) is 108 cm³/mol. The molecule has 0 saturated heterocycles. The summed E-state index contributed by atoms with van der Waals surface area (Å²) in [6.45, 7) is 0.399. The van der Waals surface area contributed by atoms with E-state index in [4.69, 9.17) is 5.73 Å². The highest BCUT2D eigenvalue weighted by atomic mass is 32.2. The van der Waals surface area contributed by atoms with Crippen LogP contribution in [0.3, 0.4) is 0 Å². The molecule has 0 aliphatic carbocycles. The summed E-state index contributed by atoms with van der Waals surface area (Å²) < 4.78 is 26.6. The molecule has 4 aromatic rings. The maximum Gasteiger partial charge on any atom is 0.226 e. The Morgan fingerprint density at radius 2 is 1.82 bits per heavy atom. The van der Waals surface area contributed by atoms with Crippen LogP contribution in [0.5, 0.6) is 0 Å². The lowest BCUT2D eigenvalue weighted by Gasteiger charge is -2.07. The van der Waals surface area contributed by atoms with Crippen LogP contribution < -0.4 is 11.1 Å². The van der Waals surface area contributed by atoms with E-state index >= 15 is 0 Å². The van der Waals surface area contributed by atoms with E-state index in [0.717, 1.165) is 11.1 Å². The number of hydrogen-bond acceptors (Lipinski definition) is 5. The fraction of sp³-hybridized carbons (Fsp3) is 0.100. The Kier molecular flexibility index (Phi) is 4.48. The minimum atomic E-state index is -3.81. The van der Waals surface area contributed by atoms with E-state index in [1.165, 1.54) is 0 Å². The summed E-state index contributed by atoms with van der Waals surface area (Å²) in [6.07, 6.45) is 0.210.